The van der Waals surface area contributed by atoms with E-state index in [1.807, 2.05) is 36.5 Å². The summed E-state index contributed by atoms with van der Waals surface area (Å²) < 4.78 is 10.8. The maximum absolute atomic E-state index is 5.76. The molecule has 0 amide bonds. The van der Waals surface area contributed by atoms with E-state index >= 15 is 0 Å². The van der Waals surface area contributed by atoms with Crippen molar-refractivity contribution in [3.63, 3.8) is 0 Å². The van der Waals surface area contributed by atoms with Crippen LogP contribution in [0.25, 0.3) is 0 Å². The van der Waals surface area contributed by atoms with Gasteiger partial charge in [-0.15, -0.1) is 0 Å². The quantitative estimate of drug-likeness (QED) is 0.472. The lowest BCUT2D eigenvalue weighted by Crippen LogP contribution is -2.36. The summed E-state index contributed by atoms with van der Waals surface area (Å²) in [5.74, 6) is 1.46. The number of nitrogens with one attached hydrogen (secondary N) is 1. The highest BCUT2D eigenvalue weighted by Gasteiger charge is 2.13. The van der Waals surface area contributed by atoms with Crippen LogP contribution in [0, 0.1) is 0 Å². The van der Waals surface area contributed by atoms with Crippen molar-refractivity contribution in [1.82, 2.24) is 9.88 Å². The molecule has 2 aromatic carbocycles. The van der Waals surface area contributed by atoms with Gasteiger partial charge in [-0.3, -0.25) is 4.98 Å². The molecule has 0 aliphatic carbocycles. The fraction of sp³-hybridized carbons (Fsp3) is 0.280. The monoisotopic (exact) mass is 435 g/mol. The van der Waals surface area contributed by atoms with Gasteiger partial charge in [-0.2, -0.15) is 0 Å². The summed E-state index contributed by atoms with van der Waals surface area (Å²) in [5.41, 5.74) is 4.41. The number of nitrogens with zero attached hydrogens (tertiary/aromatic N) is 2. The lowest BCUT2D eigenvalue weighted by molar-refractivity contribution is 0.354. The minimum absolute atomic E-state index is 0.632. The van der Waals surface area contributed by atoms with Crippen LogP contribution in [-0.2, 0) is 19.4 Å². The molecule has 162 valence electrons. The molecule has 3 aromatic rings. The van der Waals surface area contributed by atoms with Crippen LogP contribution in [0.15, 0.2) is 66.9 Å². The second kappa shape index (κ2) is 11.3. The molecule has 1 aromatic heterocycles. The summed E-state index contributed by atoms with van der Waals surface area (Å²) in [6.07, 6.45) is 3.63. The molecule has 0 saturated heterocycles. The standard InChI is InChI=1S/C25H29N3O2S/c1-4-19-8-11-21(12-9-19)27-25(31)28(18-22-7-5-6-15-26-22)16-14-20-10-13-23(29-2)24(17-20)30-3/h5-13,15,17H,4,14,16,18H2,1-3H3,(H,27,31). The summed E-state index contributed by atoms with van der Waals surface area (Å²) >= 11 is 5.76. The highest BCUT2D eigenvalue weighted by molar-refractivity contribution is 7.80. The Morgan fingerprint density at radius 2 is 1.71 bits per heavy atom. The molecule has 1 heterocycles. The topological polar surface area (TPSA) is 46.6 Å². The molecular weight excluding hydrogens is 406 g/mol. The first kappa shape index (κ1) is 22.6. The van der Waals surface area contributed by atoms with Crippen LogP contribution in [0.2, 0.25) is 0 Å². The number of ether oxygens (including phenoxy) is 2. The molecule has 0 radical (unpaired) electrons. The van der Waals surface area contributed by atoms with Crippen molar-refractivity contribution in [2.24, 2.45) is 0 Å². The SMILES string of the molecule is CCc1ccc(NC(=S)N(CCc2ccc(OC)c(OC)c2)Cc2ccccn2)cc1. The van der Waals surface area contributed by atoms with Crippen molar-refractivity contribution in [2.75, 3.05) is 26.1 Å². The second-order valence-corrected chi connectivity index (χ2v) is 7.55. The van der Waals surface area contributed by atoms with Crippen LogP contribution >= 0.6 is 12.2 Å². The number of aryl methyl sites for hydroxylation is 1. The van der Waals surface area contributed by atoms with Crippen LogP contribution in [0.1, 0.15) is 23.7 Å². The van der Waals surface area contributed by atoms with Gasteiger partial charge in [-0.05, 0) is 72.6 Å². The largest absolute Gasteiger partial charge is 0.493 e. The number of pyridine rings is 1. The number of aromatic nitrogens is 1. The van der Waals surface area contributed by atoms with E-state index in [2.05, 4.69) is 52.5 Å². The van der Waals surface area contributed by atoms with Gasteiger partial charge < -0.3 is 19.7 Å². The fourth-order valence-corrected chi connectivity index (χ4v) is 3.54. The molecule has 0 atom stereocenters. The first-order chi connectivity index (χ1) is 15.1. The normalized spacial score (nSPS) is 10.4. The molecule has 1 N–H and O–H groups in total. The summed E-state index contributed by atoms with van der Waals surface area (Å²) in [7, 11) is 3.29. The zero-order valence-corrected chi connectivity index (χ0v) is 19.1. The van der Waals surface area contributed by atoms with Gasteiger partial charge in [0.05, 0.1) is 26.5 Å². The number of hydrogen-bond acceptors (Lipinski definition) is 4. The maximum atomic E-state index is 5.76. The van der Waals surface area contributed by atoms with Crippen molar-refractivity contribution < 1.29 is 9.47 Å². The molecule has 5 nitrogen and oxygen atoms in total. The summed E-state index contributed by atoms with van der Waals surface area (Å²) in [6.45, 7) is 3.52. The predicted octanol–water partition coefficient (Wildman–Crippen LogP) is 5.10. The van der Waals surface area contributed by atoms with Gasteiger partial charge in [0.1, 0.15) is 0 Å². The van der Waals surface area contributed by atoms with Crippen molar-refractivity contribution in [2.45, 2.75) is 26.3 Å². The Kier molecular flexibility index (Phi) is 8.24. The Bertz CT molecular complexity index is 978. The first-order valence-electron chi connectivity index (χ1n) is 10.4. The first-order valence-corrected chi connectivity index (χ1v) is 10.8. The Morgan fingerprint density at radius 1 is 0.968 bits per heavy atom. The van der Waals surface area contributed by atoms with Crippen LogP contribution in [0.4, 0.5) is 5.69 Å². The molecule has 3 rings (SSSR count). The zero-order valence-electron chi connectivity index (χ0n) is 18.3. The van der Waals surface area contributed by atoms with Crippen molar-refractivity contribution in [1.29, 1.82) is 0 Å². The number of benzene rings is 2. The Labute approximate surface area is 190 Å². The van der Waals surface area contributed by atoms with E-state index in [0.717, 1.165) is 47.8 Å². The van der Waals surface area contributed by atoms with Crippen molar-refractivity contribution in [3.8, 4) is 11.5 Å². The molecule has 0 bridgehead atoms. The molecule has 0 fully saturated rings. The van der Waals surface area contributed by atoms with Crippen molar-refractivity contribution in [3.05, 3.63) is 83.7 Å². The maximum Gasteiger partial charge on any atom is 0.173 e. The summed E-state index contributed by atoms with van der Waals surface area (Å²) in [5, 5.41) is 4.05. The van der Waals surface area contributed by atoms with E-state index in [-0.39, 0.29) is 0 Å². The molecule has 0 aliphatic heterocycles. The van der Waals surface area contributed by atoms with E-state index < -0.39 is 0 Å². The van der Waals surface area contributed by atoms with E-state index in [1.165, 1.54) is 5.56 Å². The van der Waals surface area contributed by atoms with Crippen LogP contribution < -0.4 is 14.8 Å². The molecule has 0 spiro atoms. The number of thiocarbonyl (C=S) groups is 1. The van der Waals surface area contributed by atoms with Crippen molar-refractivity contribution >= 4 is 23.0 Å². The van der Waals surface area contributed by atoms with Gasteiger partial charge in [-0.25, -0.2) is 0 Å². The average molecular weight is 436 g/mol. The minimum Gasteiger partial charge on any atom is -0.493 e. The molecule has 31 heavy (non-hydrogen) atoms. The molecule has 0 saturated carbocycles. The summed E-state index contributed by atoms with van der Waals surface area (Å²) in [6, 6.07) is 20.3. The van der Waals surface area contributed by atoms with Crippen LogP contribution in [-0.4, -0.2) is 35.8 Å². The van der Waals surface area contributed by atoms with Gasteiger partial charge in [0.2, 0.25) is 0 Å². The van der Waals surface area contributed by atoms with Gasteiger partial charge >= 0.3 is 0 Å². The third kappa shape index (κ3) is 6.43. The molecule has 0 aliphatic rings. The fourth-order valence-electron chi connectivity index (χ4n) is 3.27. The summed E-state index contributed by atoms with van der Waals surface area (Å²) in [4.78, 5) is 6.61. The highest BCUT2D eigenvalue weighted by atomic mass is 32.1. The highest BCUT2D eigenvalue weighted by Crippen LogP contribution is 2.27. The zero-order chi connectivity index (χ0) is 22.1. The van der Waals surface area contributed by atoms with Gasteiger partial charge in [-0.1, -0.05) is 31.2 Å². The number of anilines is 1. The Hall–Kier alpha value is -3.12. The van der Waals surface area contributed by atoms with E-state index in [0.29, 0.717) is 11.7 Å². The third-order valence-corrected chi connectivity index (χ3v) is 5.46. The van der Waals surface area contributed by atoms with Crippen LogP contribution in [0.5, 0.6) is 11.5 Å². The van der Waals surface area contributed by atoms with Gasteiger partial charge in [0.25, 0.3) is 0 Å². The molecular formula is C25H29N3O2S. The minimum atomic E-state index is 0.632. The van der Waals surface area contributed by atoms with Gasteiger partial charge in [0, 0.05) is 18.4 Å². The Balaban J connectivity index is 1.73. The lowest BCUT2D eigenvalue weighted by Gasteiger charge is -2.26. The molecule has 6 heteroatoms. The second-order valence-electron chi connectivity index (χ2n) is 7.16. The van der Waals surface area contributed by atoms with E-state index in [4.69, 9.17) is 21.7 Å². The number of rotatable bonds is 9. The third-order valence-electron chi connectivity index (χ3n) is 5.10. The predicted molar refractivity (Wildman–Crippen MR) is 130 cm³/mol. The smallest absolute Gasteiger partial charge is 0.173 e. The number of methoxy groups -OCH3 is 2. The van der Waals surface area contributed by atoms with Gasteiger partial charge in [0.15, 0.2) is 16.6 Å². The van der Waals surface area contributed by atoms with E-state index in [1.54, 1.807) is 14.2 Å². The van der Waals surface area contributed by atoms with Crippen LogP contribution in [0.3, 0.4) is 0 Å². The number of hydrogen-bond donors (Lipinski definition) is 1. The molecule has 0 unspecified atom stereocenters. The van der Waals surface area contributed by atoms with E-state index in [9.17, 15) is 0 Å². The Morgan fingerprint density at radius 3 is 2.35 bits per heavy atom. The average Bonchev–Trinajstić information content (AvgIpc) is 2.82. The lowest BCUT2D eigenvalue weighted by atomic mass is 10.1.